The summed E-state index contributed by atoms with van der Waals surface area (Å²) in [5.41, 5.74) is 8.32. The Labute approximate surface area is 90.1 Å². The highest BCUT2D eigenvalue weighted by Gasteiger charge is 2.22. The van der Waals surface area contributed by atoms with E-state index in [1.54, 1.807) is 5.01 Å². The fourth-order valence-corrected chi connectivity index (χ4v) is 1.29. The van der Waals surface area contributed by atoms with Crippen LogP contribution in [0, 0.1) is 0 Å². The van der Waals surface area contributed by atoms with Crippen molar-refractivity contribution in [3.63, 3.8) is 0 Å². The minimum absolute atomic E-state index is 0.497. The average Bonchev–Trinajstić information content (AvgIpc) is 2.50. The van der Waals surface area contributed by atoms with Crippen molar-refractivity contribution in [1.29, 1.82) is 0 Å². The van der Waals surface area contributed by atoms with Crippen molar-refractivity contribution in [3.8, 4) is 0 Å². The lowest BCUT2D eigenvalue weighted by atomic mass is 10.2. The number of hydrogen-bond donors (Lipinski definition) is 3. The standard InChI is InChI=1S/C9H20N4O2/c1-9(2,3)15-8(14)12-7(10)13-6-4-5-11-13/h7,11H,4-6,10H2,1-3H3,(H,12,14). The molecule has 88 valence electrons. The van der Waals surface area contributed by atoms with E-state index < -0.39 is 18.0 Å². The van der Waals surface area contributed by atoms with Crippen molar-refractivity contribution < 1.29 is 9.53 Å². The molecule has 0 radical (unpaired) electrons. The van der Waals surface area contributed by atoms with E-state index in [4.69, 9.17) is 10.5 Å². The Morgan fingerprint density at radius 1 is 1.60 bits per heavy atom. The molecule has 1 amide bonds. The summed E-state index contributed by atoms with van der Waals surface area (Å²) in [6.45, 7) is 7.16. The molecule has 0 bridgehead atoms. The van der Waals surface area contributed by atoms with Crippen molar-refractivity contribution >= 4 is 6.09 Å². The Morgan fingerprint density at radius 3 is 2.73 bits per heavy atom. The van der Waals surface area contributed by atoms with Gasteiger partial charge in [-0.15, -0.1) is 0 Å². The third kappa shape index (κ3) is 4.46. The Bertz CT molecular complexity index is 221. The van der Waals surface area contributed by atoms with Crippen LogP contribution >= 0.6 is 0 Å². The van der Waals surface area contributed by atoms with Crippen molar-refractivity contribution in [2.75, 3.05) is 13.1 Å². The molecule has 1 unspecified atom stereocenters. The van der Waals surface area contributed by atoms with E-state index in [0.717, 1.165) is 19.5 Å². The van der Waals surface area contributed by atoms with Crippen LogP contribution in [0.25, 0.3) is 0 Å². The van der Waals surface area contributed by atoms with Crippen molar-refractivity contribution in [1.82, 2.24) is 15.8 Å². The van der Waals surface area contributed by atoms with Crippen molar-refractivity contribution in [3.05, 3.63) is 0 Å². The molecule has 1 fully saturated rings. The Kier molecular flexibility index (Phi) is 3.90. The fourth-order valence-electron chi connectivity index (χ4n) is 1.29. The first-order chi connectivity index (χ1) is 6.88. The summed E-state index contributed by atoms with van der Waals surface area (Å²) < 4.78 is 5.08. The molecule has 6 heteroatoms. The van der Waals surface area contributed by atoms with Crippen LogP contribution in [-0.2, 0) is 4.74 Å². The second-order valence-corrected chi connectivity index (χ2v) is 4.55. The minimum Gasteiger partial charge on any atom is -0.444 e. The number of hydrogen-bond acceptors (Lipinski definition) is 5. The molecule has 1 saturated heterocycles. The van der Waals surface area contributed by atoms with Crippen molar-refractivity contribution in [2.24, 2.45) is 5.73 Å². The molecule has 0 aliphatic carbocycles. The van der Waals surface area contributed by atoms with E-state index in [9.17, 15) is 4.79 Å². The van der Waals surface area contributed by atoms with Crippen LogP contribution in [0.3, 0.4) is 0 Å². The van der Waals surface area contributed by atoms with Crippen LogP contribution in [0.5, 0.6) is 0 Å². The highest BCUT2D eigenvalue weighted by Crippen LogP contribution is 2.06. The molecule has 1 aliphatic rings. The van der Waals surface area contributed by atoms with Crippen LogP contribution in [0.15, 0.2) is 0 Å². The topological polar surface area (TPSA) is 79.6 Å². The van der Waals surface area contributed by atoms with Crippen LogP contribution < -0.4 is 16.5 Å². The highest BCUT2D eigenvalue weighted by molar-refractivity contribution is 5.67. The van der Waals surface area contributed by atoms with E-state index in [1.807, 2.05) is 20.8 Å². The van der Waals surface area contributed by atoms with Crippen LogP contribution in [0.4, 0.5) is 4.79 Å². The van der Waals surface area contributed by atoms with E-state index >= 15 is 0 Å². The summed E-state index contributed by atoms with van der Waals surface area (Å²) >= 11 is 0. The Hall–Kier alpha value is -0.850. The van der Waals surface area contributed by atoms with E-state index in [2.05, 4.69) is 10.7 Å². The predicted octanol–water partition coefficient (Wildman–Crippen LogP) is -0.0363. The summed E-state index contributed by atoms with van der Waals surface area (Å²) in [6.07, 6.45) is -0.00462. The number of alkyl carbamates (subject to hydrolysis) is 1. The van der Waals surface area contributed by atoms with Gasteiger partial charge in [-0.1, -0.05) is 0 Å². The number of carbonyl (C=O) groups excluding carboxylic acids is 1. The molecule has 1 rings (SSSR count). The number of ether oxygens (including phenoxy) is 1. The van der Waals surface area contributed by atoms with Gasteiger partial charge in [0, 0.05) is 13.1 Å². The van der Waals surface area contributed by atoms with E-state index in [-0.39, 0.29) is 0 Å². The smallest absolute Gasteiger partial charge is 0.409 e. The van der Waals surface area contributed by atoms with Crippen molar-refractivity contribution in [2.45, 2.75) is 39.1 Å². The summed E-state index contributed by atoms with van der Waals surface area (Å²) in [5.74, 6) is 0. The fraction of sp³-hybridized carbons (Fsp3) is 0.889. The van der Waals surface area contributed by atoms with Crippen LogP contribution in [0.2, 0.25) is 0 Å². The van der Waals surface area contributed by atoms with Gasteiger partial charge in [0.05, 0.1) is 0 Å². The Balaban J connectivity index is 2.30. The van der Waals surface area contributed by atoms with Gasteiger partial charge in [0.1, 0.15) is 11.9 Å². The summed E-state index contributed by atoms with van der Waals surface area (Å²) in [5, 5.41) is 4.34. The lowest BCUT2D eigenvalue weighted by Gasteiger charge is -2.26. The zero-order valence-corrected chi connectivity index (χ0v) is 9.54. The molecular formula is C9H20N4O2. The largest absolute Gasteiger partial charge is 0.444 e. The highest BCUT2D eigenvalue weighted by atomic mass is 16.6. The maximum absolute atomic E-state index is 11.4. The van der Waals surface area contributed by atoms with Gasteiger partial charge in [-0.3, -0.25) is 16.5 Å². The first-order valence-electron chi connectivity index (χ1n) is 5.14. The van der Waals surface area contributed by atoms with Gasteiger partial charge in [-0.2, -0.15) is 0 Å². The predicted molar refractivity (Wildman–Crippen MR) is 56.7 cm³/mol. The van der Waals surface area contributed by atoms with Gasteiger partial charge in [0.2, 0.25) is 0 Å². The SMILES string of the molecule is CC(C)(C)OC(=O)NC(N)N1CCCN1. The van der Waals surface area contributed by atoms with E-state index in [0.29, 0.717) is 0 Å². The molecule has 6 nitrogen and oxygen atoms in total. The monoisotopic (exact) mass is 216 g/mol. The lowest BCUT2D eigenvalue weighted by molar-refractivity contribution is 0.0401. The summed E-state index contributed by atoms with van der Waals surface area (Å²) in [6, 6.07) is 0. The van der Waals surface area contributed by atoms with Crippen LogP contribution in [-0.4, -0.2) is 36.1 Å². The first kappa shape index (κ1) is 12.2. The molecule has 4 N–H and O–H groups in total. The number of rotatable bonds is 2. The molecule has 15 heavy (non-hydrogen) atoms. The molecular weight excluding hydrogens is 196 g/mol. The van der Waals surface area contributed by atoms with Gasteiger partial charge in [0.25, 0.3) is 0 Å². The number of nitrogens with zero attached hydrogens (tertiary/aromatic N) is 1. The van der Waals surface area contributed by atoms with E-state index in [1.165, 1.54) is 0 Å². The van der Waals surface area contributed by atoms with Gasteiger partial charge < -0.3 is 4.74 Å². The first-order valence-corrected chi connectivity index (χ1v) is 5.14. The van der Waals surface area contributed by atoms with Gasteiger partial charge >= 0.3 is 6.09 Å². The molecule has 0 aromatic carbocycles. The third-order valence-electron chi connectivity index (χ3n) is 1.89. The van der Waals surface area contributed by atoms with Gasteiger partial charge in [-0.25, -0.2) is 9.80 Å². The molecule has 0 aromatic rings. The molecule has 1 aliphatic heterocycles. The summed E-state index contributed by atoms with van der Waals surface area (Å²) in [7, 11) is 0. The zero-order chi connectivity index (χ0) is 11.5. The third-order valence-corrected chi connectivity index (χ3v) is 1.89. The van der Waals surface area contributed by atoms with Gasteiger partial charge in [0.15, 0.2) is 0 Å². The maximum atomic E-state index is 11.4. The molecule has 1 heterocycles. The molecule has 0 saturated carbocycles. The molecule has 0 aromatic heterocycles. The number of carbonyl (C=O) groups is 1. The van der Waals surface area contributed by atoms with Crippen LogP contribution in [0.1, 0.15) is 27.2 Å². The second-order valence-electron chi connectivity index (χ2n) is 4.55. The lowest BCUT2D eigenvalue weighted by Crippen LogP contribution is -2.57. The number of amides is 1. The average molecular weight is 216 g/mol. The minimum atomic E-state index is -0.539. The number of nitrogens with one attached hydrogen (secondary N) is 2. The molecule has 1 atom stereocenters. The zero-order valence-electron chi connectivity index (χ0n) is 9.54. The second kappa shape index (κ2) is 4.78. The number of nitrogens with two attached hydrogens (primary N) is 1. The number of hydrazine groups is 1. The summed E-state index contributed by atoms with van der Waals surface area (Å²) in [4.78, 5) is 11.4. The Morgan fingerprint density at radius 2 is 2.27 bits per heavy atom. The quantitative estimate of drug-likeness (QED) is 0.565. The maximum Gasteiger partial charge on any atom is 0.409 e. The molecule has 0 spiro atoms. The normalized spacial score (nSPS) is 20.0. The van der Waals surface area contributed by atoms with Gasteiger partial charge in [-0.05, 0) is 27.2 Å².